The second kappa shape index (κ2) is 7.56. The van der Waals surface area contributed by atoms with E-state index in [1.54, 1.807) is 0 Å². The zero-order chi connectivity index (χ0) is 21.5. The van der Waals surface area contributed by atoms with Gasteiger partial charge < -0.3 is 9.30 Å². The second-order valence-electron chi connectivity index (χ2n) is 7.50. The molecule has 0 saturated carbocycles. The predicted octanol–water partition coefficient (Wildman–Crippen LogP) is 2.03. The minimum absolute atomic E-state index is 0.0147. The topological polar surface area (TPSA) is 111 Å². The zero-order valence-corrected chi connectivity index (χ0v) is 16.6. The summed E-state index contributed by atoms with van der Waals surface area (Å²) in [5, 5.41) is 11.1. The molecule has 0 N–H and O–H groups in total. The number of aromatic nitrogens is 2. The molecule has 158 valence electrons. The van der Waals surface area contributed by atoms with Gasteiger partial charge in [-0.3, -0.25) is 29.5 Å². The Kier molecular flexibility index (Phi) is 4.72. The summed E-state index contributed by atoms with van der Waals surface area (Å²) in [6.45, 7) is 3.41. The highest BCUT2D eigenvalue weighted by atomic mass is 16.6. The molecule has 0 unspecified atom stereocenters. The average Bonchev–Trinajstić information content (AvgIpc) is 3.24. The normalized spacial score (nSPS) is 16.8. The maximum absolute atomic E-state index is 12.9. The van der Waals surface area contributed by atoms with E-state index < -0.39 is 16.7 Å². The third kappa shape index (κ3) is 3.35. The zero-order valence-electron chi connectivity index (χ0n) is 16.6. The fourth-order valence-electron chi connectivity index (χ4n) is 4.02. The van der Waals surface area contributed by atoms with E-state index in [1.165, 1.54) is 12.1 Å². The summed E-state index contributed by atoms with van der Waals surface area (Å²) >= 11 is 0. The molecule has 1 saturated heterocycles. The van der Waals surface area contributed by atoms with Crippen LogP contribution in [0.2, 0.25) is 0 Å². The Labute approximate surface area is 176 Å². The molecule has 3 aromatic rings. The molecule has 3 heterocycles. The molecule has 0 radical (unpaired) electrons. The molecule has 2 aliphatic rings. The number of non-ortho nitro benzene ring substituents is 1. The fraction of sp³-hybridized carbons (Fsp3) is 0.286. The summed E-state index contributed by atoms with van der Waals surface area (Å²) in [5.41, 5.74) is 1.69. The molecule has 0 bridgehead atoms. The number of para-hydroxylation sites is 2. The molecule has 10 heteroatoms. The van der Waals surface area contributed by atoms with Crippen LogP contribution in [0.4, 0.5) is 5.69 Å². The number of rotatable bonds is 5. The lowest BCUT2D eigenvalue weighted by Gasteiger charge is -2.28. The number of fused-ring (bicyclic) bond motifs is 2. The van der Waals surface area contributed by atoms with E-state index in [2.05, 4.69) is 9.88 Å². The van der Waals surface area contributed by atoms with Crippen molar-refractivity contribution < 1.29 is 19.2 Å². The summed E-state index contributed by atoms with van der Waals surface area (Å²) in [6, 6.07) is 11.4. The molecule has 0 aliphatic carbocycles. The van der Waals surface area contributed by atoms with E-state index in [-0.39, 0.29) is 23.4 Å². The largest absolute Gasteiger partial charge is 0.379 e. The fourth-order valence-corrected chi connectivity index (χ4v) is 4.02. The van der Waals surface area contributed by atoms with Crippen LogP contribution in [0.1, 0.15) is 26.5 Å². The predicted molar refractivity (Wildman–Crippen MR) is 109 cm³/mol. The van der Waals surface area contributed by atoms with Gasteiger partial charge in [0.1, 0.15) is 5.82 Å². The quantitative estimate of drug-likeness (QED) is 0.352. The molecule has 2 aromatic carbocycles. The second-order valence-corrected chi connectivity index (χ2v) is 7.50. The van der Waals surface area contributed by atoms with E-state index in [9.17, 15) is 19.7 Å². The Morgan fingerprint density at radius 3 is 2.55 bits per heavy atom. The molecule has 0 spiro atoms. The molecular formula is C21H19N5O5. The lowest BCUT2D eigenvalue weighted by Crippen LogP contribution is -2.38. The number of imidazole rings is 1. The molecule has 1 fully saturated rings. The smallest absolute Gasteiger partial charge is 0.270 e. The highest BCUT2D eigenvalue weighted by Gasteiger charge is 2.37. The van der Waals surface area contributed by atoms with Crippen LogP contribution in [0, 0.1) is 10.1 Å². The van der Waals surface area contributed by atoms with Crippen molar-refractivity contribution in [2.24, 2.45) is 0 Å². The van der Waals surface area contributed by atoms with E-state index >= 15 is 0 Å². The summed E-state index contributed by atoms with van der Waals surface area (Å²) in [4.78, 5) is 44.3. The van der Waals surface area contributed by atoms with Crippen molar-refractivity contribution in [1.82, 2.24) is 19.4 Å². The Morgan fingerprint density at radius 2 is 1.77 bits per heavy atom. The number of nitro benzene ring substituents is 1. The molecule has 5 rings (SSSR count). The molecular weight excluding hydrogens is 402 g/mol. The monoisotopic (exact) mass is 421 g/mol. The van der Waals surface area contributed by atoms with Gasteiger partial charge in [-0.1, -0.05) is 12.1 Å². The van der Waals surface area contributed by atoms with Gasteiger partial charge in [-0.05, 0) is 18.2 Å². The van der Waals surface area contributed by atoms with Gasteiger partial charge in [0.05, 0.1) is 53.5 Å². The Balaban J connectivity index is 1.49. The van der Waals surface area contributed by atoms with Crippen molar-refractivity contribution >= 4 is 28.5 Å². The number of hydrogen-bond donors (Lipinski definition) is 0. The maximum atomic E-state index is 12.9. The Hall–Kier alpha value is -3.63. The van der Waals surface area contributed by atoms with Crippen LogP contribution < -0.4 is 0 Å². The molecule has 0 atom stereocenters. The van der Waals surface area contributed by atoms with Crippen molar-refractivity contribution in [1.29, 1.82) is 0 Å². The van der Waals surface area contributed by atoms with E-state index in [0.717, 1.165) is 35.1 Å². The number of nitrogens with zero attached hydrogens (tertiary/aromatic N) is 5. The third-order valence-corrected chi connectivity index (χ3v) is 5.64. The van der Waals surface area contributed by atoms with Gasteiger partial charge in [0, 0.05) is 25.2 Å². The van der Waals surface area contributed by atoms with Crippen LogP contribution in [0.25, 0.3) is 11.0 Å². The van der Waals surface area contributed by atoms with Crippen LogP contribution >= 0.6 is 0 Å². The number of imide groups is 1. The number of carbonyl (C=O) groups excluding carboxylic acids is 2. The van der Waals surface area contributed by atoms with Crippen molar-refractivity contribution in [2.75, 3.05) is 26.3 Å². The first-order valence-electron chi connectivity index (χ1n) is 9.92. The van der Waals surface area contributed by atoms with Gasteiger partial charge in [0.2, 0.25) is 0 Å². The number of carbonyl (C=O) groups is 2. The number of morpholine rings is 1. The standard InChI is InChI=1S/C21H19N5O5/c27-20-15-6-5-14(26(29)30)11-16(15)21(28)24(20)12-19-22-17-3-1-2-4-18(17)25(19)13-23-7-9-31-10-8-23/h1-6,11H,7-10,12-13H2. The first kappa shape index (κ1) is 19.3. The van der Waals surface area contributed by atoms with Crippen molar-refractivity contribution in [3.05, 3.63) is 69.5 Å². The van der Waals surface area contributed by atoms with Crippen LogP contribution in [-0.2, 0) is 18.0 Å². The summed E-state index contributed by atoms with van der Waals surface area (Å²) in [5.74, 6) is -0.440. The Bertz CT molecular complexity index is 1210. The number of ether oxygens (including phenoxy) is 1. The number of nitro groups is 1. The number of benzene rings is 2. The van der Waals surface area contributed by atoms with Gasteiger partial charge in [-0.15, -0.1) is 0 Å². The van der Waals surface area contributed by atoms with Gasteiger partial charge in [-0.25, -0.2) is 4.98 Å². The highest BCUT2D eigenvalue weighted by molar-refractivity contribution is 6.21. The summed E-state index contributed by atoms with van der Waals surface area (Å²) in [6.07, 6.45) is 0. The van der Waals surface area contributed by atoms with Crippen LogP contribution in [-0.4, -0.2) is 62.4 Å². The first-order chi connectivity index (χ1) is 15.0. The summed E-state index contributed by atoms with van der Waals surface area (Å²) < 4.78 is 7.43. The molecule has 2 aliphatic heterocycles. The summed E-state index contributed by atoms with van der Waals surface area (Å²) in [7, 11) is 0. The van der Waals surface area contributed by atoms with Crippen molar-refractivity contribution in [3.63, 3.8) is 0 Å². The number of hydrogen-bond acceptors (Lipinski definition) is 7. The molecule has 31 heavy (non-hydrogen) atoms. The molecule has 1 aromatic heterocycles. The van der Waals surface area contributed by atoms with Crippen molar-refractivity contribution in [2.45, 2.75) is 13.2 Å². The SMILES string of the molecule is O=C1c2ccc([N+](=O)[O-])cc2C(=O)N1Cc1nc2ccccc2n1CN1CCOCC1. The van der Waals surface area contributed by atoms with E-state index in [4.69, 9.17) is 4.74 Å². The lowest BCUT2D eigenvalue weighted by molar-refractivity contribution is -0.384. The van der Waals surface area contributed by atoms with Gasteiger partial charge in [0.25, 0.3) is 17.5 Å². The van der Waals surface area contributed by atoms with Gasteiger partial charge in [-0.2, -0.15) is 0 Å². The van der Waals surface area contributed by atoms with Crippen LogP contribution in [0.3, 0.4) is 0 Å². The van der Waals surface area contributed by atoms with E-state index in [0.29, 0.717) is 25.7 Å². The maximum Gasteiger partial charge on any atom is 0.270 e. The van der Waals surface area contributed by atoms with Gasteiger partial charge >= 0.3 is 0 Å². The van der Waals surface area contributed by atoms with Crippen molar-refractivity contribution in [3.8, 4) is 0 Å². The minimum Gasteiger partial charge on any atom is -0.379 e. The van der Waals surface area contributed by atoms with Gasteiger partial charge in [0.15, 0.2) is 0 Å². The number of amides is 2. The molecule has 2 amide bonds. The lowest BCUT2D eigenvalue weighted by atomic mass is 10.1. The van der Waals surface area contributed by atoms with Crippen LogP contribution in [0.5, 0.6) is 0 Å². The van der Waals surface area contributed by atoms with E-state index in [1.807, 2.05) is 28.8 Å². The first-order valence-corrected chi connectivity index (χ1v) is 9.92. The minimum atomic E-state index is -0.581. The Morgan fingerprint density at radius 1 is 1.03 bits per heavy atom. The highest BCUT2D eigenvalue weighted by Crippen LogP contribution is 2.28. The van der Waals surface area contributed by atoms with Crippen LogP contribution in [0.15, 0.2) is 42.5 Å². The molecule has 10 nitrogen and oxygen atoms in total. The average molecular weight is 421 g/mol. The third-order valence-electron chi connectivity index (χ3n) is 5.64.